The second-order valence-electron chi connectivity index (χ2n) is 7.60. The van der Waals surface area contributed by atoms with Crippen LogP contribution in [0.2, 0.25) is 0 Å². The molecule has 0 spiro atoms. The Morgan fingerprint density at radius 1 is 0.706 bits per heavy atom. The van der Waals surface area contributed by atoms with E-state index in [0.717, 1.165) is 27.7 Å². The zero-order chi connectivity index (χ0) is 24.2. The molecule has 1 aliphatic heterocycles. The van der Waals surface area contributed by atoms with E-state index in [2.05, 4.69) is 24.3 Å². The summed E-state index contributed by atoms with van der Waals surface area (Å²) < 4.78 is 22.5. The first-order valence-electron chi connectivity index (χ1n) is 11.6. The third-order valence-corrected chi connectivity index (χ3v) is 10.2. The van der Waals surface area contributed by atoms with Gasteiger partial charge in [0.1, 0.15) is 24.7 Å². The van der Waals surface area contributed by atoms with Crippen LogP contribution in [0.4, 0.5) is 0 Å². The summed E-state index contributed by atoms with van der Waals surface area (Å²) in [6.07, 6.45) is 0. The second kappa shape index (κ2) is 15.1. The number of hydrogen-bond acceptors (Lipinski definition) is 9. The average molecular weight is 525 g/mol. The Morgan fingerprint density at radius 2 is 1.12 bits per heavy atom. The van der Waals surface area contributed by atoms with Gasteiger partial charge in [0.15, 0.2) is 0 Å². The average Bonchev–Trinajstić information content (AvgIpc) is 2.89. The van der Waals surface area contributed by atoms with E-state index in [-0.39, 0.29) is 21.2 Å². The summed E-state index contributed by atoms with van der Waals surface area (Å²) in [5.74, 6) is 1.67. The summed E-state index contributed by atoms with van der Waals surface area (Å²) >= 11 is 5.64. The van der Waals surface area contributed by atoms with Gasteiger partial charge in [-0.15, -0.1) is 35.3 Å². The van der Waals surface area contributed by atoms with Gasteiger partial charge in [-0.2, -0.15) is 0 Å². The summed E-state index contributed by atoms with van der Waals surface area (Å²) in [6, 6.07) is 16.0. The van der Waals surface area contributed by atoms with Crippen molar-refractivity contribution in [2.75, 3.05) is 44.7 Å². The molecule has 0 aromatic heterocycles. The van der Waals surface area contributed by atoms with Crippen LogP contribution in [0.5, 0.6) is 11.5 Å². The minimum Gasteiger partial charge on any atom is -0.491 e. The first kappa shape index (κ1) is 27.5. The molecule has 2 aromatic rings. The van der Waals surface area contributed by atoms with Crippen LogP contribution in [0.3, 0.4) is 0 Å². The van der Waals surface area contributed by atoms with E-state index in [0.29, 0.717) is 39.6 Å². The van der Waals surface area contributed by atoms with Gasteiger partial charge in [-0.3, -0.25) is 0 Å². The highest BCUT2D eigenvalue weighted by molar-refractivity contribution is 8.33. The Hall–Kier alpha value is -1.07. The normalized spacial score (nSPS) is 20.0. The molecule has 0 bridgehead atoms. The van der Waals surface area contributed by atoms with Crippen LogP contribution in [-0.4, -0.2) is 53.9 Å². The molecule has 0 radical (unpaired) electrons. The predicted molar refractivity (Wildman–Crippen MR) is 146 cm³/mol. The lowest BCUT2D eigenvalue weighted by molar-refractivity contribution is 0.110. The molecule has 3 rings (SSSR count). The second-order valence-corrected chi connectivity index (χ2v) is 12.1. The van der Waals surface area contributed by atoms with Crippen molar-refractivity contribution in [2.45, 2.75) is 35.1 Å². The number of benzene rings is 2. The van der Waals surface area contributed by atoms with Crippen LogP contribution in [0.15, 0.2) is 48.5 Å². The largest absolute Gasteiger partial charge is 0.491 e. The van der Waals surface area contributed by atoms with Gasteiger partial charge in [-0.1, -0.05) is 24.3 Å². The van der Waals surface area contributed by atoms with Gasteiger partial charge < -0.3 is 30.4 Å². The molecule has 1 aliphatic rings. The van der Waals surface area contributed by atoms with Gasteiger partial charge >= 0.3 is 0 Å². The van der Waals surface area contributed by atoms with Crippen LogP contribution in [0, 0.1) is 0 Å². The van der Waals surface area contributed by atoms with Gasteiger partial charge in [0.05, 0.1) is 34.5 Å². The highest BCUT2D eigenvalue weighted by atomic mass is 32.3. The summed E-state index contributed by atoms with van der Waals surface area (Å²) in [4.78, 5) is 0. The molecule has 6 nitrogen and oxygen atoms in total. The Labute approximate surface area is 216 Å². The first-order chi connectivity index (χ1) is 16.6. The lowest BCUT2D eigenvalue weighted by atomic mass is 10.1. The third kappa shape index (κ3) is 8.55. The molecule has 9 heteroatoms. The maximum Gasteiger partial charge on any atom is 0.119 e. The molecule has 2 aromatic carbocycles. The number of hydrogen-bond donors (Lipinski definition) is 2. The van der Waals surface area contributed by atoms with Gasteiger partial charge in [0, 0.05) is 18.3 Å². The summed E-state index contributed by atoms with van der Waals surface area (Å²) in [6.45, 7) is 7.63. The van der Waals surface area contributed by atoms with Gasteiger partial charge in [-0.25, -0.2) is 0 Å². The highest BCUT2D eigenvalue weighted by Crippen LogP contribution is 2.49. The van der Waals surface area contributed by atoms with Crippen molar-refractivity contribution >= 4 is 35.3 Å². The number of thioether (sulfide) groups is 3. The Kier molecular flexibility index (Phi) is 12.2. The van der Waals surface area contributed by atoms with Gasteiger partial charge in [-0.05, 0) is 49.2 Å². The van der Waals surface area contributed by atoms with E-state index in [9.17, 15) is 0 Å². The maximum atomic E-state index is 6.67. The summed E-state index contributed by atoms with van der Waals surface area (Å²) in [5.41, 5.74) is 15.6. The minimum atomic E-state index is -0.0795. The smallest absolute Gasteiger partial charge is 0.119 e. The number of rotatable bonds is 14. The molecule has 1 fully saturated rings. The first-order valence-corrected chi connectivity index (χ1v) is 14.7. The van der Waals surface area contributed by atoms with Crippen molar-refractivity contribution in [2.24, 2.45) is 11.5 Å². The van der Waals surface area contributed by atoms with E-state index >= 15 is 0 Å². The van der Waals surface area contributed by atoms with E-state index < -0.39 is 0 Å². The van der Waals surface area contributed by atoms with Crippen LogP contribution >= 0.6 is 35.3 Å². The van der Waals surface area contributed by atoms with Crippen molar-refractivity contribution in [1.29, 1.82) is 0 Å². The fourth-order valence-electron chi connectivity index (χ4n) is 3.37. The molecule has 188 valence electrons. The van der Waals surface area contributed by atoms with Gasteiger partial charge in [0.2, 0.25) is 0 Å². The maximum absolute atomic E-state index is 6.67. The molecule has 4 unspecified atom stereocenters. The minimum absolute atomic E-state index is 0.0795. The van der Waals surface area contributed by atoms with E-state index in [4.69, 9.17) is 30.4 Å². The van der Waals surface area contributed by atoms with E-state index in [1.54, 1.807) is 0 Å². The van der Waals surface area contributed by atoms with Crippen LogP contribution in [-0.2, 0) is 9.47 Å². The Morgan fingerprint density at radius 3 is 1.50 bits per heavy atom. The quantitative estimate of drug-likeness (QED) is 0.330. The summed E-state index contributed by atoms with van der Waals surface area (Å²) in [7, 11) is 0. The number of ether oxygens (including phenoxy) is 4. The molecule has 0 aliphatic carbocycles. The fourth-order valence-corrected chi connectivity index (χ4v) is 8.96. The monoisotopic (exact) mass is 524 g/mol. The molecule has 0 amide bonds. The van der Waals surface area contributed by atoms with Crippen LogP contribution in [0.25, 0.3) is 0 Å². The Bertz CT molecular complexity index is 758. The van der Waals surface area contributed by atoms with E-state index in [1.165, 1.54) is 0 Å². The third-order valence-electron chi connectivity index (χ3n) is 5.25. The molecular weight excluding hydrogens is 488 g/mol. The standard InChI is InChI=1S/C25H36N2O4S3/c1-3-28-13-15-30-20-9-5-18(6-10-20)22(26)24-32-17-33-25(34-24)23(27)19-7-11-21(12-8-19)31-16-14-29-4-2/h5-12,22-25H,3-4,13-17,26-27H2,1-2H3. The Balaban J connectivity index is 1.51. The van der Waals surface area contributed by atoms with Crippen molar-refractivity contribution in [3.63, 3.8) is 0 Å². The molecule has 34 heavy (non-hydrogen) atoms. The molecule has 4 atom stereocenters. The van der Waals surface area contributed by atoms with Crippen molar-refractivity contribution in [1.82, 2.24) is 0 Å². The lowest BCUT2D eigenvalue weighted by Gasteiger charge is -2.34. The van der Waals surface area contributed by atoms with Crippen molar-refractivity contribution in [3.8, 4) is 11.5 Å². The fraction of sp³-hybridized carbons (Fsp3) is 0.520. The molecule has 0 saturated carbocycles. The van der Waals surface area contributed by atoms with E-state index in [1.807, 2.05) is 73.4 Å². The zero-order valence-electron chi connectivity index (χ0n) is 19.9. The summed E-state index contributed by atoms with van der Waals surface area (Å²) in [5, 5.41) is 0.973. The topological polar surface area (TPSA) is 89.0 Å². The molecule has 1 heterocycles. The highest BCUT2D eigenvalue weighted by Gasteiger charge is 2.32. The van der Waals surface area contributed by atoms with Gasteiger partial charge in [0.25, 0.3) is 0 Å². The van der Waals surface area contributed by atoms with Crippen molar-refractivity contribution < 1.29 is 18.9 Å². The van der Waals surface area contributed by atoms with Crippen molar-refractivity contribution in [3.05, 3.63) is 59.7 Å². The lowest BCUT2D eigenvalue weighted by Crippen LogP contribution is -2.30. The molecule has 4 N–H and O–H groups in total. The zero-order valence-corrected chi connectivity index (χ0v) is 22.3. The van der Waals surface area contributed by atoms with Crippen LogP contribution < -0.4 is 20.9 Å². The number of nitrogens with two attached hydrogens (primary N) is 2. The molecular formula is C25H36N2O4S3. The van der Waals surface area contributed by atoms with Crippen LogP contribution in [0.1, 0.15) is 37.1 Å². The SMILES string of the molecule is CCOCCOc1ccc(C(N)C2SCSC(C(N)c3ccc(OCCOCC)cc3)S2)cc1. The molecule has 1 saturated heterocycles. The predicted octanol–water partition coefficient (Wildman–Crippen LogP) is 5.04.